The number of amides is 1. The maximum absolute atomic E-state index is 12.3. The van der Waals surface area contributed by atoms with Crippen molar-refractivity contribution in [2.24, 2.45) is 5.92 Å². The van der Waals surface area contributed by atoms with Gasteiger partial charge in [-0.25, -0.2) is 8.42 Å². The molecule has 1 N–H and O–H groups in total. The average molecular weight is 393 g/mol. The highest BCUT2D eigenvalue weighted by molar-refractivity contribution is 7.92. The number of benzene rings is 1. The summed E-state index contributed by atoms with van der Waals surface area (Å²) in [6, 6.07) is 12.9. The van der Waals surface area contributed by atoms with Gasteiger partial charge in [0.1, 0.15) is 0 Å². The van der Waals surface area contributed by atoms with Crippen LogP contribution in [0.1, 0.15) is 30.3 Å². The molecule has 1 atom stereocenters. The third-order valence-corrected chi connectivity index (χ3v) is 6.30. The Morgan fingerprint density at radius 1 is 1.19 bits per heavy atom. The normalized spacial score (nSPS) is 13.4. The lowest BCUT2D eigenvalue weighted by molar-refractivity contribution is -0.122. The Balaban J connectivity index is 2.00. The Bertz CT molecular complexity index is 829. The van der Waals surface area contributed by atoms with E-state index >= 15 is 0 Å². The van der Waals surface area contributed by atoms with Gasteiger partial charge in [-0.3, -0.25) is 4.79 Å². The molecule has 7 heteroatoms. The standard InChI is InChI=1S/C19H24N2O3S2/c1-15(2)19(17-10-7-12-25-17)20-18(22)14-21(3)26(23,24)13-11-16-8-5-4-6-9-16/h4-13,15,19H,14H2,1-3H3,(H,20,22)/b13-11+. The summed E-state index contributed by atoms with van der Waals surface area (Å²) >= 11 is 1.57. The van der Waals surface area contributed by atoms with Crippen LogP contribution in [-0.4, -0.2) is 32.2 Å². The van der Waals surface area contributed by atoms with Crippen molar-refractivity contribution in [1.29, 1.82) is 0 Å². The van der Waals surface area contributed by atoms with Crippen LogP contribution in [0.25, 0.3) is 6.08 Å². The zero-order valence-electron chi connectivity index (χ0n) is 15.1. The molecule has 0 bridgehead atoms. The predicted molar refractivity (Wildman–Crippen MR) is 107 cm³/mol. The van der Waals surface area contributed by atoms with E-state index in [1.807, 2.05) is 61.7 Å². The minimum absolute atomic E-state index is 0.126. The number of likely N-dealkylation sites (N-methyl/N-ethyl adjacent to an activating group) is 1. The summed E-state index contributed by atoms with van der Waals surface area (Å²) in [7, 11) is -2.27. The molecule has 0 radical (unpaired) electrons. The Hall–Kier alpha value is -1.96. The van der Waals surface area contributed by atoms with Crippen LogP contribution in [0.5, 0.6) is 0 Å². The largest absolute Gasteiger partial charge is 0.347 e. The lowest BCUT2D eigenvalue weighted by Gasteiger charge is -2.23. The van der Waals surface area contributed by atoms with Crippen LogP contribution < -0.4 is 5.32 Å². The number of carbonyl (C=O) groups excluding carboxylic acids is 1. The molecule has 0 aliphatic rings. The van der Waals surface area contributed by atoms with Crippen molar-refractivity contribution >= 4 is 33.3 Å². The van der Waals surface area contributed by atoms with Gasteiger partial charge in [-0.1, -0.05) is 50.2 Å². The highest BCUT2D eigenvalue weighted by Crippen LogP contribution is 2.25. The smallest absolute Gasteiger partial charge is 0.236 e. The van der Waals surface area contributed by atoms with Crippen LogP contribution in [0, 0.1) is 5.92 Å². The van der Waals surface area contributed by atoms with Gasteiger partial charge in [0.05, 0.1) is 12.6 Å². The van der Waals surface area contributed by atoms with E-state index in [9.17, 15) is 13.2 Å². The lowest BCUT2D eigenvalue weighted by Crippen LogP contribution is -2.40. The van der Waals surface area contributed by atoms with Gasteiger partial charge < -0.3 is 5.32 Å². The van der Waals surface area contributed by atoms with E-state index in [1.54, 1.807) is 11.3 Å². The van der Waals surface area contributed by atoms with Gasteiger partial charge >= 0.3 is 0 Å². The van der Waals surface area contributed by atoms with Crippen molar-refractivity contribution in [3.8, 4) is 0 Å². The molecule has 1 aromatic carbocycles. The van der Waals surface area contributed by atoms with Gasteiger partial charge in [-0.2, -0.15) is 4.31 Å². The number of rotatable bonds is 8. The molecule has 0 saturated heterocycles. The molecule has 1 aromatic heterocycles. The van der Waals surface area contributed by atoms with Crippen LogP contribution in [-0.2, 0) is 14.8 Å². The van der Waals surface area contributed by atoms with Crippen molar-refractivity contribution in [1.82, 2.24) is 9.62 Å². The van der Waals surface area contributed by atoms with Gasteiger partial charge in [0.15, 0.2) is 0 Å². The first-order chi connectivity index (χ1) is 12.3. The Morgan fingerprint density at radius 3 is 2.46 bits per heavy atom. The zero-order valence-corrected chi connectivity index (χ0v) is 16.8. The highest BCUT2D eigenvalue weighted by atomic mass is 32.2. The number of nitrogens with zero attached hydrogens (tertiary/aromatic N) is 1. The van der Waals surface area contributed by atoms with Crippen molar-refractivity contribution in [3.63, 3.8) is 0 Å². The van der Waals surface area contributed by atoms with Crippen LogP contribution >= 0.6 is 11.3 Å². The number of nitrogens with one attached hydrogen (secondary N) is 1. The molecule has 0 fully saturated rings. The van der Waals surface area contributed by atoms with E-state index in [0.717, 1.165) is 20.2 Å². The minimum atomic E-state index is -3.67. The Kier molecular flexibility index (Phi) is 7.14. The molecule has 1 unspecified atom stereocenters. The second-order valence-electron chi connectivity index (χ2n) is 6.32. The molecule has 0 spiro atoms. The topological polar surface area (TPSA) is 66.5 Å². The lowest BCUT2D eigenvalue weighted by atomic mass is 10.0. The fourth-order valence-electron chi connectivity index (χ4n) is 2.38. The van der Waals surface area contributed by atoms with Gasteiger partial charge in [0.2, 0.25) is 15.9 Å². The second kappa shape index (κ2) is 9.12. The molecular formula is C19H24N2O3S2. The molecule has 1 amide bonds. The first-order valence-electron chi connectivity index (χ1n) is 8.32. The maximum atomic E-state index is 12.3. The number of hydrogen-bond donors (Lipinski definition) is 1. The van der Waals surface area contributed by atoms with Crippen LogP contribution in [0.2, 0.25) is 0 Å². The van der Waals surface area contributed by atoms with Crippen LogP contribution in [0.15, 0.2) is 53.3 Å². The molecule has 0 saturated carbocycles. The summed E-state index contributed by atoms with van der Waals surface area (Å²) in [6.45, 7) is 3.82. The Morgan fingerprint density at radius 2 is 1.88 bits per heavy atom. The van der Waals surface area contributed by atoms with Crippen molar-refractivity contribution in [2.75, 3.05) is 13.6 Å². The highest BCUT2D eigenvalue weighted by Gasteiger charge is 2.22. The summed E-state index contributed by atoms with van der Waals surface area (Å²) in [6.07, 6.45) is 1.52. The Labute approximate surface area is 159 Å². The summed E-state index contributed by atoms with van der Waals surface area (Å²) in [4.78, 5) is 13.4. The minimum Gasteiger partial charge on any atom is -0.347 e. The van der Waals surface area contributed by atoms with E-state index < -0.39 is 10.0 Å². The van der Waals surface area contributed by atoms with Gasteiger partial charge in [0, 0.05) is 17.3 Å². The zero-order chi connectivity index (χ0) is 19.2. The fourth-order valence-corrected chi connectivity index (χ4v) is 4.16. The van der Waals surface area contributed by atoms with E-state index in [1.165, 1.54) is 13.1 Å². The van der Waals surface area contributed by atoms with Crippen LogP contribution in [0.3, 0.4) is 0 Å². The molecule has 140 valence electrons. The van der Waals surface area contributed by atoms with Gasteiger partial charge in [0.25, 0.3) is 0 Å². The first-order valence-corrected chi connectivity index (χ1v) is 10.7. The van der Waals surface area contributed by atoms with Gasteiger partial charge in [-0.15, -0.1) is 11.3 Å². The number of hydrogen-bond acceptors (Lipinski definition) is 4. The molecule has 5 nitrogen and oxygen atoms in total. The summed E-state index contributed by atoms with van der Waals surface area (Å²) in [5.74, 6) is -0.117. The molecular weight excluding hydrogens is 368 g/mol. The number of thiophene rings is 1. The van der Waals surface area contributed by atoms with Crippen molar-refractivity contribution in [2.45, 2.75) is 19.9 Å². The van der Waals surface area contributed by atoms with E-state index in [0.29, 0.717) is 0 Å². The van der Waals surface area contributed by atoms with Gasteiger partial charge in [-0.05, 0) is 29.0 Å². The molecule has 0 aliphatic heterocycles. The van der Waals surface area contributed by atoms with E-state index in [4.69, 9.17) is 0 Å². The second-order valence-corrected chi connectivity index (χ2v) is 9.22. The third-order valence-electron chi connectivity index (χ3n) is 3.87. The monoisotopic (exact) mass is 392 g/mol. The van der Waals surface area contributed by atoms with Crippen molar-refractivity contribution < 1.29 is 13.2 Å². The molecule has 0 aliphatic carbocycles. The quantitative estimate of drug-likeness (QED) is 0.748. The summed E-state index contributed by atoms with van der Waals surface area (Å²) in [5.41, 5.74) is 0.784. The van der Waals surface area contributed by atoms with E-state index in [-0.39, 0.29) is 24.4 Å². The maximum Gasteiger partial charge on any atom is 0.236 e. The molecule has 2 rings (SSSR count). The van der Waals surface area contributed by atoms with Crippen LogP contribution in [0.4, 0.5) is 0 Å². The fraction of sp³-hybridized carbons (Fsp3) is 0.316. The SMILES string of the molecule is CC(C)C(NC(=O)CN(C)S(=O)(=O)/C=C/c1ccccc1)c1cccs1. The first kappa shape index (κ1) is 20.4. The number of carbonyl (C=O) groups is 1. The molecule has 2 aromatic rings. The predicted octanol–water partition coefficient (Wildman–Crippen LogP) is 3.49. The average Bonchev–Trinajstić information content (AvgIpc) is 3.12. The molecule has 1 heterocycles. The molecule has 26 heavy (non-hydrogen) atoms. The summed E-state index contributed by atoms with van der Waals surface area (Å²) in [5, 5.41) is 6.02. The summed E-state index contributed by atoms with van der Waals surface area (Å²) < 4.78 is 25.7. The van der Waals surface area contributed by atoms with Crippen molar-refractivity contribution in [3.05, 3.63) is 63.7 Å². The van der Waals surface area contributed by atoms with E-state index in [2.05, 4.69) is 5.32 Å². The third kappa shape index (κ3) is 5.79. The number of sulfonamides is 1.